The van der Waals surface area contributed by atoms with Crippen LogP contribution >= 0.6 is 0 Å². The highest BCUT2D eigenvalue weighted by atomic mass is 16.2. The summed E-state index contributed by atoms with van der Waals surface area (Å²) in [6, 6.07) is 15.6. The Morgan fingerprint density at radius 2 is 1.72 bits per heavy atom. The van der Waals surface area contributed by atoms with E-state index in [1.54, 1.807) is 0 Å². The van der Waals surface area contributed by atoms with E-state index in [1.165, 1.54) is 4.90 Å². The Bertz CT molecular complexity index is 1030. The molecule has 0 aliphatic carbocycles. The van der Waals surface area contributed by atoms with Gasteiger partial charge >= 0.3 is 0 Å². The van der Waals surface area contributed by atoms with Crippen LogP contribution in [0.3, 0.4) is 0 Å². The monoisotopic (exact) mass is 332 g/mol. The number of fused-ring (bicyclic) bond motifs is 2. The van der Waals surface area contributed by atoms with Gasteiger partial charge in [0.15, 0.2) is 0 Å². The molecular weight excluding hydrogens is 312 g/mol. The van der Waals surface area contributed by atoms with Gasteiger partial charge in [-0.1, -0.05) is 43.3 Å². The highest BCUT2D eigenvalue weighted by Crippen LogP contribution is 2.36. The smallest absolute Gasteiger partial charge is 0.263 e. The van der Waals surface area contributed by atoms with Crippen molar-refractivity contribution in [2.45, 2.75) is 20.0 Å². The molecule has 1 atom stereocenters. The molecule has 1 aliphatic rings. The average molecular weight is 332 g/mol. The van der Waals surface area contributed by atoms with Gasteiger partial charge in [-0.3, -0.25) is 19.4 Å². The molecule has 1 heterocycles. The first-order valence-corrected chi connectivity index (χ1v) is 8.57. The molecule has 1 aliphatic heterocycles. The van der Waals surface area contributed by atoms with E-state index in [0.29, 0.717) is 11.1 Å². The van der Waals surface area contributed by atoms with Crippen molar-refractivity contribution in [1.29, 1.82) is 0 Å². The van der Waals surface area contributed by atoms with Crippen molar-refractivity contribution >= 4 is 33.4 Å². The molecule has 4 heteroatoms. The first-order chi connectivity index (χ1) is 12.0. The summed E-state index contributed by atoms with van der Waals surface area (Å²) in [4.78, 5) is 29.8. The molecule has 3 aromatic rings. The number of hydrogen-bond donors (Lipinski definition) is 0. The molecule has 4 nitrogen and oxygen atoms in total. The van der Waals surface area contributed by atoms with Gasteiger partial charge in [0.2, 0.25) is 0 Å². The van der Waals surface area contributed by atoms with Crippen LogP contribution in [0.15, 0.2) is 48.5 Å². The first kappa shape index (κ1) is 15.8. The molecule has 0 bridgehead atoms. The van der Waals surface area contributed by atoms with E-state index >= 15 is 0 Å². The van der Waals surface area contributed by atoms with Crippen LogP contribution in [-0.4, -0.2) is 41.4 Å². The van der Waals surface area contributed by atoms with Crippen molar-refractivity contribution in [3.63, 3.8) is 0 Å². The van der Waals surface area contributed by atoms with Crippen LogP contribution in [0, 0.1) is 0 Å². The number of amides is 2. The van der Waals surface area contributed by atoms with Crippen LogP contribution in [0.4, 0.5) is 0 Å². The largest absolute Gasteiger partial charge is 0.287 e. The lowest BCUT2D eigenvalue weighted by molar-refractivity contribution is 0.0371. The Balaban J connectivity index is 2.07. The normalized spacial score (nSPS) is 15.4. The SMILES string of the molecule is CCN(C)C(C)N1C(=O)c2cccc3cc4ccccc4c(c23)C1=O. The highest BCUT2D eigenvalue weighted by molar-refractivity contribution is 6.30. The van der Waals surface area contributed by atoms with Crippen LogP contribution in [0.1, 0.15) is 34.6 Å². The maximum absolute atomic E-state index is 13.4. The zero-order chi connectivity index (χ0) is 17.7. The standard InChI is InChI=1S/C21H20N2O2/c1-4-22(3)13(2)23-20(24)17-11-7-9-15-12-14-8-5-6-10-16(14)19(18(15)17)21(23)25/h5-13H,4H2,1-3H3. The van der Waals surface area contributed by atoms with Crippen molar-refractivity contribution < 1.29 is 9.59 Å². The van der Waals surface area contributed by atoms with Gasteiger partial charge in [0, 0.05) is 10.9 Å². The summed E-state index contributed by atoms with van der Waals surface area (Å²) < 4.78 is 0. The summed E-state index contributed by atoms with van der Waals surface area (Å²) in [6.07, 6.45) is -0.299. The van der Waals surface area contributed by atoms with Gasteiger partial charge < -0.3 is 0 Å². The number of carbonyl (C=O) groups is 2. The van der Waals surface area contributed by atoms with Crippen LogP contribution in [0.5, 0.6) is 0 Å². The Morgan fingerprint density at radius 3 is 2.48 bits per heavy atom. The Hall–Kier alpha value is -2.72. The minimum atomic E-state index is -0.299. The van der Waals surface area contributed by atoms with Gasteiger partial charge in [-0.25, -0.2) is 0 Å². The second-order valence-corrected chi connectivity index (χ2v) is 6.56. The second kappa shape index (κ2) is 5.67. The van der Waals surface area contributed by atoms with E-state index in [-0.39, 0.29) is 18.0 Å². The number of hydrogen-bond acceptors (Lipinski definition) is 3. The quantitative estimate of drug-likeness (QED) is 0.540. The van der Waals surface area contributed by atoms with E-state index in [9.17, 15) is 9.59 Å². The molecule has 1 unspecified atom stereocenters. The van der Waals surface area contributed by atoms with Gasteiger partial charge in [0.05, 0.1) is 11.7 Å². The minimum Gasteiger partial charge on any atom is -0.287 e. The highest BCUT2D eigenvalue weighted by Gasteiger charge is 2.37. The summed E-state index contributed by atoms with van der Waals surface area (Å²) >= 11 is 0. The van der Waals surface area contributed by atoms with Crippen molar-refractivity contribution in [2.24, 2.45) is 0 Å². The van der Waals surface area contributed by atoms with Crippen molar-refractivity contribution in [2.75, 3.05) is 13.6 Å². The van der Waals surface area contributed by atoms with Gasteiger partial charge in [-0.05, 0) is 48.8 Å². The molecular formula is C21H20N2O2. The lowest BCUT2D eigenvalue weighted by Crippen LogP contribution is -2.52. The lowest BCUT2D eigenvalue weighted by Gasteiger charge is -2.36. The molecule has 4 rings (SSSR count). The van der Waals surface area contributed by atoms with Crippen LogP contribution < -0.4 is 0 Å². The van der Waals surface area contributed by atoms with E-state index < -0.39 is 0 Å². The summed E-state index contributed by atoms with van der Waals surface area (Å²) in [5.41, 5.74) is 1.24. The third-order valence-electron chi connectivity index (χ3n) is 5.28. The molecule has 2 amide bonds. The third kappa shape index (κ3) is 2.18. The van der Waals surface area contributed by atoms with Crippen molar-refractivity contribution in [1.82, 2.24) is 9.80 Å². The topological polar surface area (TPSA) is 40.6 Å². The lowest BCUT2D eigenvalue weighted by atomic mass is 9.89. The van der Waals surface area contributed by atoms with Gasteiger partial charge in [-0.2, -0.15) is 0 Å². The number of imide groups is 1. The summed E-state index contributed by atoms with van der Waals surface area (Å²) in [6.45, 7) is 4.67. The summed E-state index contributed by atoms with van der Waals surface area (Å²) in [5.74, 6) is -0.426. The molecule has 0 spiro atoms. The maximum atomic E-state index is 13.4. The summed E-state index contributed by atoms with van der Waals surface area (Å²) in [5, 5.41) is 3.63. The molecule has 0 radical (unpaired) electrons. The predicted molar refractivity (Wildman–Crippen MR) is 99.7 cm³/mol. The zero-order valence-corrected chi connectivity index (χ0v) is 14.6. The van der Waals surface area contributed by atoms with Crippen LogP contribution in [-0.2, 0) is 0 Å². The average Bonchev–Trinajstić information content (AvgIpc) is 2.63. The van der Waals surface area contributed by atoms with Crippen molar-refractivity contribution in [3.8, 4) is 0 Å². The van der Waals surface area contributed by atoms with E-state index in [0.717, 1.165) is 28.1 Å². The maximum Gasteiger partial charge on any atom is 0.263 e. The Labute approximate surface area is 146 Å². The number of carbonyl (C=O) groups excluding carboxylic acids is 2. The third-order valence-corrected chi connectivity index (χ3v) is 5.28. The number of rotatable bonds is 3. The fourth-order valence-electron chi connectivity index (χ4n) is 3.67. The molecule has 0 fully saturated rings. The number of benzene rings is 3. The van der Waals surface area contributed by atoms with Crippen LogP contribution in [0.25, 0.3) is 21.5 Å². The van der Waals surface area contributed by atoms with Gasteiger partial charge in [0.25, 0.3) is 11.8 Å². The molecule has 3 aromatic carbocycles. The minimum absolute atomic E-state index is 0.210. The first-order valence-electron chi connectivity index (χ1n) is 8.57. The summed E-state index contributed by atoms with van der Waals surface area (Å²) in [7, 11) is 1.92. The fourth-order valence-corrected chi connectivity index (χ4v) is 3.67. The predicted octanol–water partition coefficient (Wildman–Crippen LogP) is 3.89. The molecule has 126 valence electrons. The molecule has 0 saturated heterocycles. The molecule has 0 saturated carbocycles. The van der Waals surface area contributed by atoms with Crippen molar-refractivity contribution in [3.05, 3.63) is 59.7 Å². The molecule has 0 aromatic heterocycles. The van der Waals surface area contributed by atoms with E-state index in [2.05, 4.69) is 6.07 Å². The van der Waals surface area contributed by atoms with E-state index in [4.69, 9.17) is 0 Å². The number of nitrogens with zero attached hydrogens (tertiary/aromatic N) is 2. The Morgan fingerprint density at radius 1 is 1.00 bits per heavy atom. The molecule has 0 N–H and O–H groups in total. The van der Waals surface area contributed by atoms with Gasteiger partial charge in [0.1, 0.15) is 0 Å². The zero-order valence-electron chi connectivity index (χ0n) is 14.6. The van der Waals surface area contributed by atoms with Crippen LogP contribution in [0.2, 0.25) is 0 Å². The second-order valence-electron chi connectivity index (χ2n) is 6.56. The molecule has 25 heavy (non-hydrogen) atoms. The Kier molecular flexibility index (Phi) is 3.58. The fraction of sp³-hybridized carbons (Fsp3) is 0.238. The van der Waals surface area contributed by atoms with E-state index in [1.807, 2.05) is 68.3 Å². The van der Waals surface area contributed by atoms with Gasteiger partial charge in [-0.15, -0.1) is 0 Å².